The Kier molecular flexibility index (Phi) is 11.3. The van der Waals surface area contributed by atoms with Gasteiger partial charge in [-0.25, -0.2) is 33.3 Å². The number of nitrogen functional groups attached to an aromatic ring is 2. The lowest BCUT2D eigenvalue weighted by Gasteiger charge is -2.20. The summed E-state index contributed by atoms with van der Waals surface area (Å²) >= 11 is 0. The van der Waals surface area contributed by atoms with E-state index in [1.165, 1.54) is 19.7 Å². The molecule has 2 saturated heterocycles. The molecule has 3 aromatic heterocycles. The highest BCUT2D eigenvalue weighted by Crippen LogP contribution is 2.65. The molecule has 5 rings (SSSR count). The number of H-pyrrole nitrogens is 1. The predicted octanol–water partition coefficient (Wildman–Crippen LogP) is -1.23. The van der Waals surface area contributed by atoms with Crippen LogP contribution in [0.1, 0.15) is 19.1 Å². The van der Waals surface area contributed by atoms with Gasteiger partial charge in [0.05, 0.1) is 19.0 Å². The number of anilines is 4. The fourth-order valence-electron chi connectivity index (χ4n) is 4.65. The number of rotatable bonds is 15. The minimum Gasteiger partial charge on any atom is -0.387 e. The monoisotopic (exact) mass is 744 g/mol. The largest absolute Gasteiger partial charge is 0.488 e. The van der Waals surface area contributed by atoms with Crippen LogP contribution in [0.25, 0.3) is 11.2 Å². The van der Waals surface area contributed by atoms with Crippen molar-refractivity contribution in [3.8, 4) is 0 Å². The Bertz CT molecular complexity index is 1750. The highest BCUT2D eigenvalue weighted by molar-refractivity contribution is 7.65. The second kappa shape index (κ2) is 14.9. The first-order valence-electron chi connectivity index (χ1n) is 13.6. The highest BCUT2D eigenvalue weighted by Gasteiger charge is 2.46. The summed E-state index contributed by atoms with van der Waals surface area (Å²) in [6.07, 6.45) is -3.56. The number of phosphoric ester groups is 1. The minimum absolute atomic E-state index is 0.0819. The first kappa shape index (κ1) is 36.3. The molecule has 3 aromatic rings. The van der Waals surface area contributed by atoms with Crippen LogP contribution in [-0.4, -0.2) is 105 Å². The molecule has 25 nitrogen and oxygen atoms in total. The third-order valence-corrected chi connectivity index (χ3v) is 10.5. The molecule has 48 heavy (non-hydrogen) atoms. The van der Waals surface area contributed by atoms with Crippen molar-refractivity contribution in [1.29, 1.82) is 0 Å². The predicted molar refractivity (Wildman–Crippen MR) is 160 cm³/mol. The second-order valence-corrected chi connectivity index (χ2v) is 14.1. The van der Waals surface area contributed by atoms with Gasteiger partial charge >= 0.3 is 24.2 Å². The number of nitrogens with two attached hydrogens (primary N) is 2. The van der Waals surface area contributed by atoms with Gasteiger partial charge in [-0.1, -0.05) is 0 Å². The lowest BCUT2D eigenvalue weighted by atomic mass is 10.1. The van der Waals surface area contributed by atoms with E-state index in [1.54, 1.807) is 4.57 Å². The number of imidazole rings is 1. The summed E-state index contributed by atoms with van der Waals surface area (Å²) < 4.78 is 55.1. The normalized spacial score (nSPS) is 27.5. The second-order valence-electron chi connectivity index (χ2n) is 10.0. The topological polar surface area (TPSA) is 365 Å². The summed E-state index contributed by atoms with van der Waals surface area (Å²) in [7, 11) is -12.8. The van der Waals surface area contributed by atoms with Crippen molar-refractivity contribution in [1.82, 2.24) is 29.5 Å². The maximum Gasteiger partial charge on any atom is 0.488 e. The Morgan fingerprint density at radius 2 is 1.90 bits per heavy atom. The number of hydrogen-bond donors (Lipinski definition) is 10. The summed E-state index contributed by atoms with van der Waals surface area (Å²) in [6, 6.07) is 0. The number of aromatic amines is 1. The van der Waals surface area contributed by atoms with Gasteiger partial charge in [-0.2, -0.15) is 14.0 Å². The molecule has 0 bridgehead atoms. The Morgan fingerprint density at radius 1 is 1.12 bits per heavy atom. The van der Waals surface area contributed by atoms with Crippen LogP contribution in [0.5, 0.6) is 0 Å². The van der Waals surface area contributed by atoms with Gasteiger partial charge < -0.3 is 56.5 Å². The highest BCUT2D eigenvalue weighted by atomic mass is 31.3. The van der Waals surface area contributed by atoms with Crippen LogP contribution in [0.2, 0.25) is 0 Å². The van der Waals surface area contributed by atoms with Crippen LogP contribution in [0.15, 0.2) is 17.4 Å². The smallest absolute Gasteiger partial charge is 0.387 e. The van der Waals surface area contributed by atoms with Gasteiger partial charge in [-0.05, 0) is 12.8 Å². The molecule has 28 heteroatoms. The number of hydrogen-bond acceptors (Lipinski definition) is 21. The standard InChI is InChI=1S/C20H31N10O15P3/c1-23-12-16(28-20(22)29-18(12)33)27-19-14(32)13(31)9(42-19)5-40-47(35,36)45-48(37,38)44-46(34)43-39-4-8-2-3-10(41-8)30-7-26-11-15(21)24-6-25-17(11)30/h6-10,13-14,19,23,31-32,34H,2-5H2,1H3,(H,35,36)(H,37,38)(H2,21,24,25)(H4,22,27,28,29,33). The van der Waals surface area contributed by atoms with E-state index >= 15 is 0 Å². The van der Waals surface area contributed by atoms with Crippen LogP contribution in [0.3, 0.4) is 0 Å². The Labute approximate surface area is 269 Å². The van der Waals surface area contributed by atoms with Crippen molar-refractivity contribution in [3.05, 3.63) is 23.0 Å². The van der Waals surface area contributed by atoms with Crippen LogP contribution in [0.4, 0.5) is 23.3 Å². The summed E-state index contributed by atoms with van der Waals surface area (Å²) in [5.41, 5.74) is 11.5. The van der Waals surface area contributed by atoms with E-state index in [9.17, 15) is 38.8 Å². The van der Waals surface area contributed by atoms with Crippen molar-refractivity contribution in [3.63, 3.8) is 0 Å². The average Bonchev–Trinajstić information content (AvgIpc) is 3.70. The van der Waals surface area contributed by atoms with Gasteiger partial charge in [-0.15, -0.1) is 0 Å². The molecule has 0 aliphatic carbocycles. The van der Waals surface area contributed by atoms with E-state index in [2.05, 4.69) is 53.4 Å². The molecule has 0 radical (unpaired) electrons. The van der Waals surface area contributed by atoms with Gasteiger partial charge in [0.1, 0.15) is 48.7 Å². The zero-order valence-electron chi connectivity index (χ0n) is 24.5. The summed E-state index contributed by atoms with van der Waals surface area (Å²) in [5.74, 6) is -0.218. The summed E-state index contributed by atoms with van der Waals surface area (Å²) in [6.45, 7) is -1.22. The molecule has 5 heterocycles. The Balaban J connectivity index is 1.05. The molecular formula is C20H31N10O15P3. The van der Waals surface area contributed by atoms with Gasteiger partial charge in [0.25, 0.3) is 5.56 Å². The fraction of sp³-hybridized carbons (Fsp3) is 0.550. The third-order valence-electron chi connectivity index (χ3n) is 6.76. The molecule has 0 amide bonds. The summed E-state index contributed by atoms with van der Waals surface area (Å²) in [5, 5.41) is 25.8. The molecule has 2 aliphatic rings. The lowest BCUT2D eigenvalue weighted by Crippen LogP contribution is -2.37. The molecule has 0 saturated carbocycles. The number of aromatic nitrogens is 6. The molecular weight excluding hydrogens is 713 g/mol. The molecule has 266 valence electrons. The molecule has 9 unspecified atom stereocenters. The van der Waals surface area contributed by atoms with Crippen molar-refractivity contribution in [2.45, 2.75) is 49.7 Å². The van der Waals surface area contributed by atoms with E-state index < -0.39 is 73.3 Å². The van der Waals surface area contributed by atoms with Gasteiger partial charge in [-0.3, -0.25) is 18.9 Å². The number of fused-ring (bicyclic) bond motifs is 1. The maximum absolute atomic E-state index is 12.3. The van der Waals surface area contributed by atoms with Crippen molar-refractivity contribution >= 4 is 58.7 Å². The van der Waals surface area contributed by atoms with Gasteiger partial charge in [0.2, 0.25) is 5.95 Å². The zero-order valence-corrected chi connectivity index (χ0v) is 27.2. The maximum atomic E-state index is 12.3. The van der Waals surface area contributed by atoms with E-state index in [0.29, 0.717) is 24.0 Å². The number of aliphatic hydroxyl groups is 2. The van der Waals surface area contributed by atoms with E-state index in [1.807, 2.05) is 0 Å². The quantitative estimate of drug-likeness (QED) is 0.0494. The Hall–Kier alpha value is -2.96. The van der Waals surface area contributed by atoms with Crippen LogP contribution in [-0.2, 0) is 41.3 Å². The van der Waals surface area contributed by atoms with E-state index in [-0.39, 0.29) is 29.9 Å². The molecule has 0 aromatic carbocycles. The first-order chi connectivity index (χ1) is 22.7. The first-order valence-corrected chi connectivity index (χ1v) is 17.7. The van der Waals surface area contributed by atoms with Crippen LogP contribution in [0, 0.1) is 0 Å². The fourth-order valence-corrected chi connectivity index (χ4v) is 7.57. The SMILES string of the molecule is CNc1c(NC2OC(COP(=O)(O)OP(=O)(O)OP(O)OOCC3CCC(n4cnc5c(N)ncnc54)O3)C(O)C2O)nc(N)[nH]c1=O. The van der Waals surface area contributed by atoms with Gasteiger partial charge in [0, 0.05) is 7.05 Å². The number of nitrogens with one attached hydrogen (secondary N) is 3. The molecule has 2 aliphatic heterocycles. The number of phosphoric acid groups is 2. The Morgan fingerprint density at radius 3 is 2.65 bits per heavy atom. The molecule has 12 N–H and O–H groups in total. The number of nitrogens with zero attached hydrogens (tertiary/aromatic N) is 5. The van der Waals surface area contributed by atoms with Crippen molar-refractivity contribution in [2.75, 3.05) is 42.4 Å². The van der Waals surface area contributed by atoms with Crippen molar-refractivity contribution < 1.29 is 66.2 Å². The van der Waals surface area contributed by atoms with Gasteiger partial charge in [0.15, 0.2) is 23.5 Å². The number of ether oxygens (including phenoxy) is 2. The van der Waals surface area contributed by atoms with E-state index in [4.69, 9.17) is 25.8 Å². The minimum atomic E-state index is -5.52. The third kappa shape index (κ3) is 8.60. The summed E-state index contributed by atoms with van der Waals surface area (Å²) in [4.78, 5) is 64.9. The molecule has 2 fully saturated rings. The average molecular weight is 744 g/mol. The molecule has 0 spiro atoms. The lowest BCUT2D eigenvalue weighted by molar-refractivity contribution is -0.233. The van der Waals surface area contributed by atoms with E-state index in [0.717, 1.165) is 0 Å². The van der Waals surface area contributed by atoms with Crippen LogP contribution >= 0.6 is 24.2 Å². The zero-order chi connectivity index (χ0) is 34.8. The van der Waals surface area contributed by atoms with Crippen molar-refractivity contribution in [2.24, 2.45) is 0 Å². The van der Waals surface area contributed by atoms with Crippen LogP contribution < -0.4 is 27.7 Å². The number of aliphatic hydroxyl groups excluding tert-OH is 2. The molecule has 9 atom stereocenters.